The van der Waals surface area contributed by atoms with Crippen LogP contribution in [0.5, 0.6) is 0 Å². The predicted octanol–water partition coefficient (Wildman–Crippen LogP) is 3.69. The van der Waals surface area contributed by atoms with Crippen LogP contribution in [-0.4, -0.2) is 32.8 Å². The Morgan fingerprint density at radius 2 is 1.85 bits per heavy atom. The third-order valence-corrected chi connectivity index (χ3v) is 3.83. The van der Waals surface area contributed by atoms with Crippen LogP contribution < -0.4 is 5.32 Å². The summed E-state index contributed by atoms with van der Waals surface area (Å²) in [7, 11) is 0. The molecule has 0 fully saturated rings. The van der Waals surface area contributed by atoms with Crippen LogP contribution in [0.3, 0.4) is 0 Å². The summed E-state index contributed by atoms with van der Waals surface area (Å²) in [5, 5.41) is 18.0. The summed E-state index contributed by atoms with van der Waals surface area (Å²) < 4.78 is 1.83. The summed E-state index contributed by atoms with van der Waals surface area (Å²) >= 11 is 0. The number of amides is 1. The first kappa shape index (κ1) is 19.6. The molecule has 0 unspecified atom stereocenters. The molecule has 26 heavy (non-hydrogen) atoms. The molecule has 0 spiro atoms. The van der Waals surface area contributed by atoms with Crippen LogP contribution in [0, 0.1) is 0 Å². The second kappa shape index (κ2) is 9.12. The van der Waals surface area contributed by atoms with Gasteiger partial charge < -0.3 is 5.32 Å². The molecule has 1 aromatic heterocycles. The number of benzene rings is 1. The lowest BCUT2D eigenvalue weighted by Gasteiger charge is -2.25. The van der Waals surface area contributed by atoms with Crippen molar-refractivity contribution in [2.75, 3.05) is 0 Å². The van der Waals surface area contributed by atoms with Crippen LogP contribution in [0.4, 0.5) is 5.82 Å². The van der Waals surface area contributed by atoms with Crippen LogP contribution in [0.15, 0.2) is 46.9 Å². The molecule has 0 aliphatic carbocycles. The van der Waals surface area contributed by atoms with E-state index >= 15 is 0 Å². The molecule has 0 atom stereocenters. The van der Waals surface area contributed by atoms with Crippen molar-refractivity contribution in [2.45, 2.75) is 59.8 Å². The number of aromatic nitrogens is 2. The molecule has 1 N–H and O–H groups in total. The lowest BCUT2D eigenvalue weighted by molar-refractivity contribution is -0.119. The van der Waals surface area contributed by atoms with E-state index in [1.807, 2.05) is 34.1 Å². The van der Waals surface area contributed by atoms with Crippen molar-refractivity contribution in [3.05, 3.63) is 47.7 Å². The molecule has 0 saturated carbocycles. The van der Waals surface area contributed by atoms with Gasteiger partial charge in [0.25, 0.3) is 0 Å². The Morgan fingerprint density at radius 3 is 2.42 bits per heavy atom. The molecule has 140 valence electrons. The highest BCUT2D eigenvalue weighted by molar-refractivity contribution is 5.72. The second-order valence-electron chi connectivity index (χ2n) is 6.83. The summed E-state index contributed by atoms with van der Waals surface area (Å²) in [6.45, 7) is 10.8. The van der Waals surface area contributed by atoms with Gasteiger partial charge in [0.1, 0.15) is 0 Å². The molecule has 7 nitrogen and oxygen atoms in total. The van der Waals surface area contributed by atoms with E-state index in [4.69, 9.17) is 0 Å². The van der Waals surface area contributed by atoms with Crippen molar-refractivity contribution in [1.29, 1.82) is 0 Å². The molecule has 1 heterocycles. The number of hydrogen-bond donors (Lipinski definition) is 1. The summed E-state index contributed by atoms with van der Waals surface area (Å²) in [5.41, 5.74) is 1.99. The van der Waals surface area contributed by atoms with Crippen LogP contribution in [0.2, 0.25) is 0 Å². The van der Waals surface area contributed by atoms with Crippen LogP contribution in [0.1, 0.15) is 45.7 Å². The third-order valence-electron chi connectivity index (χ3n) is 3.83. The second-order valence-corrected chi connectivity index (χ2v) is 6.83. The van der Waals surface area contributed by atoms with Gasteiger partial charge in [-0.05, 0) is 33.3 Å². The van der Waals surface area contributed by atoms with Crippen molar-refractivity contribution in [2.24, 2.45) is 10.3 Å². The molecule has 2 rings (SSSR count). The van der Waals surface area contributed by atoms with Gasteiger partial charge in [-0.25, -0.2) is 0 Å². The topological polar surface area (TPSA) is 74.9 Å². The molecule has 0 bridgehead atoms. The number of nitrogens with one attached hydrogen (secondary N) is 1. The first-order valence-corrected chi connectivity index (χ1v) is 8.91. The fraction of sp³-hybridized carbons (Fsp3) is 0.474. The van der Waals surface area contributed by atoms with Gasteiger partial charge in [-0.2, -0.15) is 5.10 Å². The van der Waals surface area contributed by atoms with Gasteiger partial charge in [0.05, 0.1) is 6.54 Å². The monoisotopic (exact) mass is 356 g/mol. The van der Waals surface area contributed by atoms with E-state index in [2.05, 4.69) is 60.6 Å². The Bertz CT molecular complexity index is 728. The van der Waals surface area contributed by atoms with Gasteiger partial charge in [-0.1, -0.05) is 35.6 Å². The maximum Gasteiger partial charge on any atom is 0.217 e. The normalized spacial score (nSPS) is 11.5. The van der Waals surface area contributed by atoms with Gasteiger partial charge >= 0.3 is 0 Å². The highest BCUT2D eigenvalue weighted by Crippen LogP contribution is 2.19. The Balaban J connectivity index is 2.25. The molecule has 0 radical (unpaired) electrons. The molecule has 1 amide bonds. The lowest BCUT2D eigenvalue weighted by atomic mass is 10.2. The molecule has 0 aliphatic rings. The van der Waals surface area contributed by atoms with Crippen molar-refractivity contribution in [3.8, 4) is 0 Å². The van der Waals surface area contributed by atoms with E-state index < -0.39 is 0 Å². The molecule has 0 aliphatic heterocycles. The van der Waals surface area contributed by atoms with Gasteiger partial charge in [-0.3, -0.25) is 14.5 Å². The zero-order valence-corrected chi connectivity index (χ0v) is 16.2. The van der Waals surface area contributed by atoms with E-state index in [0.29, 0.717) is 18.9 Å². The van der Waals surface area contributed by atoms with Crippen LogP contribution in [0.25, 0.3) is 0 Å². The van der Waals surface area contributed by atoms with Crippen LogP contribution in [-0.2, 0) is 17.9 Å². The van der Waals surface area contributed by atoms with Crippen LogP contribution >= 0.6 is 0 Å². The zero-order valence-electron chi connectivity index (χ0n) is 16.2. The molecule has 0 saturated heterocycles. The average molecular weight is 356 g/mol. The van der Waals surface area contributed by atoms with E-state index in [1.54, 1.807) is 0 Å². The minimum atomic E-state index is -0.0883. The van der Waals surface area contributed by atoms with Gasteiger partial charge in [0.15, 0.2) is 0 Å². The van der Waals surface area contributed by atoms with Gasteiger partial charge in [-0.15, -0.1) is 5.11 Å². The fourth-order valence-corrected chi connectivity index (χ4v) is 2.63. The molecular weight excluding hydrogens is 328 g/mol. The Morgan fingerprint density at radius 1 is 1.19 bits per heavy atom. The lowest BCUT2D eigenvalue weighted by Crippen LogP contribution is -2.31. The fourth-order valence-electron chi connectivity index (χ4n) is 2.63. The van der Waals surface area contributed by atoms with Crippen molar-refractivity contribution >= 4 is 11.7 Å². The maximum absolute atomic E-state index is 11.3. The molecule has 7 heteroatoms. The Hall–Kier alpha value is -2.70. The summed E-state index contributed by atoms with van der Waals surface area (Å²) in [4.78, 5) is 11.3. The quantitative estimate of drug-likeness (QED) is 0.579. The van der Waals surface area contributed by atoms with E-state index in [9.17, 15) is 4.79 Å². The average Bonchev–Trinajstić information content (AvgIpc) is 2.95. The van der Waals surface area contributed by atoms with E-state index in [0.717, 1.165) is 11.1 Å². The van der Waals surface area contributed by atoms with Gasteiger partial charge in [0.2, 0.25) is 11.7 Å². The first-order valence-electron chi connectivity index (χ1n) is 8.91. The Labute approximate surface area is 155 Å². The van der Waals surface area contributed by atoms with Crippen molar-refractivity contribution < 1.29 is 4.79 Å². The highest BCUT2D eigenvalue weighted by atomic mass is 16.1. The molecule has 1 aromatic carbocycles. The summed E-state index contributed by atoms with van der Waals surface area (Å²) in [6.07, 6.45) is 1.91. The number of nitrogens with zero attached hydrogens (tertiary/aromatic N) is 5. The minimum absolute atomic E-state index is 0.0883. The molecular formula is C19H28N6O. The summed E-state index contributed by atoms with van der Waals surface area (Å²) in [5.74, 6) is 0.440. The largest absolute Gasteiger partial charge is 0.352 e. The molecule has 2 aromatic rings. The Kier molecular flexibility index (Phi) is 6.89. The highest BCUT2D eigenvalue weighted by Gasteiger charge is 2.13. The van der Waals surface area contributed by atoms with Crippen molar-refractivity contribution in [1.82, 2.24) is 20.1 Å². The SMILES string of the molecule is CC(=O)NCc1cn(Cc2ccccc2)nc1N=NN(C(C)C)C(C)C. The predicted molar refractivity (Wildman–Crippen MR) is 102 cm³/mol. The first-order chi connectivity index (χ1) is 12.4. The smallest absolute Gasteiger partial charge is 0.217 e. The van der Waals surface area contributed by atoms with E-state index in [-0.39, 0.29) is 18.0 Å². The summed E-state index contributed by atoms with van der Waals surface area (Å²) in [6, 6.07) is 10.6. The van der Waals surface area contributed by atoms with Crippen molar-refractivity contribution in [3.63, 3.8) is 0 Å². The number of rotatable bonds is 8. The third kappa shape index (κ3) is 5.68. The zero-order chi connectivity index (χ0) is 19.1. The number of hydrogen-bond acceptors (Lipinski definition) is 4. The minimum Gasteiger partial charge on any atom is -0.352 e. The number of carbonyl (C=O) groups excluding carboxylic acids is 1. The standard InChI is InChI=1S/C19H28N6O/c1-14(2)25(15(3)4)23-21-19-18(11-20-16(5)26)13-24(22-19)12-17-9-7-6-8-10-17/h6-10,13-15H,11-12H2,1-5H3,(H,20,26). The van der Waals surface area contributed by atoms with Gasteiger partial charge in [0, 0.05) is 37.3 Å². The van der Waals surface area contributed by atoms with E-state index in [1.165, 1.54) is 6.92 Å². The number of carbonyl (C=O) groups is 1. The maximum atomic E-state index is 11.3.